The van der Waals surface area contributed by atoms with Crippen LogP contribution >= 0.6 is 0 Å². The molecule has 4 rings (SSSR count). The summed E-state index contributed by atoms with van der Waals surface area (Å²) in [5.74, 6) is 0.423. The van der Waals surface area contributed by atoms with E-state index in [1.54, 1.807) is 15.9 Å². The highest BCUT2D eigenvalue weighted by Gasteiger charge is 2.25. The van der Waals surface area contributed by atoms with Gasteiger partial charge in [-0.15, -0.1) is 0 Å². The van der Waals surface area contributed by atoms with Gasteiger partial charge in [-0.25, -0.2) is 14.4 Å². The fourth-order valence-corrected chi connectivity index (χ4v) is 3.38. The van der Waals surface area contributed by atoms with Gasteiger partial charge in [-0.3, -0.25) is 9.48 Å². The van der Waals surface area contributed by atoms with Crippen LogP contribution in [0.25, 0.3) is 11.0 Å². The van der Waals surface area contributed by atoms with Crippen molar-refractivity contribution in [1.29, 1.82) is 0 Å². The topological polar surface area (TPSA) is 67.2 Å². The first-order chi connectivity index (χ1) is 12.5. The van der Waals surface area contributed by atoms with Crippen molar-refractivity contribution in [1.82, 2.24) is 24.6 Å². The van der Waals surface area contributed by atoms with E-state index in [-0.39, 0.29) is 11.7 Å². The van der Waals surface area contributed by atoms with Crippen LogP contribution in [0.3, 0.4) is 0 Å². The molecule has 1 fully saturated rings. The predicted octanol–water partition coefficient (Wildman–Crippen LogP) is 1.77. The molecule has 7 nitrogen and oxygen atoms in total. The van der Waals surface area contributed by atoms with Crippen molar-refractivity contribution in [3.63, 3.8) is 0 Å². The maximum absolute atomic E-state index is 13.0. The number of hydrogen-bond acceptors (Lipinski definition) is 5. The van der Waals surface area contributed by atoms with Crippen molar-refractivity contribution in [2.45, 2.75) is 6.92 Å². The second kappa shape index (κ2) is 6.36. The molecule has 0 saturated carbocycles. The summed E-state index contributed by atoms with van der Waals surface area (Å²) in [6, 6.07) is 5.67. The van der Waals surface area contributed by atoms with E-state index in [9.17, 15) is 9.18 Å². The molecule has 1 aliphatic heterocycles. The van der Waals surface area contributed by atoms with Gasteiger partial charge in [0.05, 0.1) is 5.69 Å². The zero-order chi connectivity index (χ0) is 18.3. The van der Waals surface area contributed by atoms with E-state index < -0.39 is 0 Å². The first-order valence-electron chi connectivity index (χ1n) is 8.48. The van der Waals surface area contributed by atoms with Crippen molar-refractivity contribution in [3.05, 3.63) is 47.7 Å². The standard InChI is InChI=1S/C18H19FN6O/c1-12-15-16(23(2)22-12)17(21-11-20-15)24-7-9-25(10-8-24)18(26)13-3-5-14(19)6-4-13/h3-6,11H,7-10H2,1-2H3. The second-order valence-electron chi connectivity index (χ2n) is 6.39. The van der Waals surface area contributed by atoms with Crippen molar-refractivity contribution in [3.8, 4) is 0 Å². The molecule has 26 heavy (non-hydrogen) atoms. The van der Waals surface area contributed by atoms with E-state index in [1.165, 1.54) is 24.3 Å². The number of nitrogens with zero attached hydrogens (tertiary/aromatic N) is 6. The van der Waals surface area contributed by atoms with Crippen LogP contribution in [0.1, 0.15) is 16.1 Å². The zero-order valence-electron chi connectivity index (χ0n) is 14.7. The third-order valence-corrected chi connectivity index (χ3v) is 4.73. The molecular formula is C18H19FN6O. The lowest BCUT2D eigenvalue weighted by molar-refractivity contribution is 0.0746. The summed E-state index contributed by atoms with van der Waals surface area (Å²) in [5.41, 5.74) is 3.13. The molecule has 1 saturated heterocycles. The van der Waals surface area contributed by atoms with Gasteiger partial charge in [0.15, 0.2) is 5.82 Å². The number of rotatable bonds is 2. The quantitative estimate of drug-likeness (QED) is 0.702. The summed E-state index contributed by atoms with van der Waals surface area (Å²) in [4.78, 5) is 25.3. The Hall–Kier alpha value is -3.03. The van der Waals surface area contributed by atoms with Gasteiger partial charge < -0.3 is 9.80 Å². The molecule has 0 radical (unpaired) electrons. The highest BCUT2D eigenvalue weighted by molar-refractivity contribution is 5.94. The normalized spacial score (nSPS) is 14.9. The number of anilines is 1. The van der Waals surface area contributed by atoms with Crippen LogP contribution in [0.2, 0.25) is 0 Å². The Bertz CT molecular complexity index is 960. The highest BCUT2D eigenvalue weighted by atomic mass is 19.1. The van der Waals surface area contributed by atoms with Gasteiger partial charge in [-0.1, -0.05) is 0 Å². The number of fused-ring (bicyclic) bond motifs is 1. The van der Waals surface area contributed by atoms with Gasteiger partial charge in [0.1, 0.15) is 23.2 Å². The van der Waals surface area contributed by atoms with Crippen molar-refractivity contribution < 1.29 is 9.18 Å². The lowest BCUT2D eigenvalue weighted by Crippen LogP contribution is -2.49. The third-order valence-electron chi connectivity index (χ3n) is 4.73. The van der Waals surface area contributed by atoms with E-state index in [0.717, 1.165) is 22.5 Å². The Morgan fingerprint density at radius 3 is 2.46 bits per heavy atom. The Morgan fingerprint density at radius 2 is 1.77 bits per heavy atom. The first kappa shape index (κ1) is 16.4. The van der Waals surface area contributed by atoms with E-state index in [4.69, 9.17) is 0 Å². The number of aromatic nitrogens is 4. The maximum atomic E-state index is 13.0. The smallest absolute Gasteiger partial charge is 0.253 e. The fourth-order valence-electron chi connectivity index (χ4n) is 3.38. The molecule has 0 unspecified atom stereocenters. The largest absolute Gasteiger partial charge is 0.351 e. The van der Waals surface area contributed by atoms with Crippen LogP contribution in [0.4, 0.5) is 10.2 Å². The minimum absolute atomic E-state index is 0.0751. The number of aryl methyl sites for hydroxylation is 2. The van der Waals surface area contributed by atoms with Crippen molar-refractivity contribution >= 4 is 22.8 Å². The van der Waals surface area contributed by atoms with Crippen LogP contribution in [0.15, 0.2) is 30.6 Å². The van der Waals surface area contributed by atoms with Gasteiger partial charge in [-0.05, 0) is 31.2 Å². The average molecular weight is 354 g/mol. The van der Waals surface area contributed by atoms with E-state index >= 15 is 0 Å². The Labute approximate surface area is 150 Å². The van der Waals surface area contributed by atoms with Gasteiger partial charge in [0.25, 0.3) is 5.91 Å². The summed E-state index contributed by atoms with van der Waals surface area (Å²) in [5, 5.41) is 4.43. The molecule has 2 aromatic heterocycles. The minimum atomic E-state index is -0.342. The van der Waals surface area contributed by atoms with Gasteiger partial charge >= 0.3 is 0 Å². The summed E-state index contributed by atoms with van der Waals surface area (Å²) in [7, 11) is 1.89. The first-order valence-corrected chi connectivity index (χ1v) is 8.48. The summed E-state index contributed by atoms with van der Waals surface area (Å²) in [6.45, 7) is 4.43. The number of carbonyl (C=O) groups is 1. The second-order valence-corrected chi connectivity index (χ2v) is 6.39. The summed E-state index contributed by atoms with van der Waals surface area (Å²) < 4.78 is 14.8. The van der Waals surface area contributed by atoms with Crippen LogP contribution in [0.5, 0.6) is 0 Å². The van der Waals surface area contributed by atoms with Crippen LogP contribution in [-0.4, -0.2) is 56.7 Å². The maximum Gasteiger partial charge on any atom is 0.253 e. The molecular weight excluding hydrogens is 335 g/mol. The van der Waals surface area contributed by atoms with Gasteiger partial charge in [0, 0.05) is 38.8 Å². The Kier molecular flexibility index (Phi) is 4.02. The molecule has 3 heterocycles. The Balaban J connectivity index is 1.52. The Morgan fingerprint density at radius 1 is 1.08 bits per heavy atom. The lowest BCUT2D eigenvalue weighted by Gasteiger charge is -2.35. The number of hydrogen-bond donors (Lipinski definition) is 0. The number of amides is 1. The molecule has 0 atom stereocenters. The van der Waals surface area contributed by atoms with Crippen molar-refractivity contribution in [2.24, 2.45) is 7.05 Å². The van der Waals surface area contributed by atoms with E-state index in [1.807, 2.05) is 14.0 Å². The predicted molar refractivity (Wildman–Crippen MR) is 95.6 cm³/mol. The molecule has 1 aliphatic rings. The van der Waals surface area contributed by atoms with E-state index in [2.05, 4.69) is 20.0 Å². The molecule has 3 aromatic rings. The lowest BCUT2D eigenvalue weighted by atomic mass is 10.1. The highest BCUT2D eigenvalue weighted by Crippen LogP contribution is 2.25. The van der Waals surface area contributed by atoms with Crippen LogP contribution < -0.4 is 4.90 Å². The number of halogens is 1. The summed E-state index contributed by atoms with van der Waals surface area (Å²) in [6.07, 6.45) is 1.56. The molecule has 0 N–H and O–H groups in total. The molecule has 8 heteroatoms. The third kappa shape index (κ3) is 2.77. The monoisotopic (exact) mass is 354 g/mol. The molecule has 0 bridgehead atoms. The molecule has 134 valence electrons. The average Bonchev–Trinajstić information content (AvgIpc) is 2.96. The van der Waals surface area contributed by atoms with E-state index in [0.29, 0.717) is 31.7 Å². The molecule has 0 spiro atoms. The zero-order valence-corrected chi connectivity index (χ0v) is 14.7. The van der Waals surface area contributed by atoms with Gasteiger partial charge in [0.2, 0.25) is 0 Å². The number of piperazine rings is 1. The minimum Gasteiger partial charge on any atom is -0.351 e. The van der Waals surface area contributed by atoms with Gasteiger partial charge in [-0.2, -0.15) is 5.10 Å². The molecule has 1 amide bonds. The number of benzene rings is 1. The fraction of sp³-hybridized carbons (Fsp3) is 0.333. The van der Waals surface area contributed by atoms with Crippen molar-refractivity contribution in [2.75, 3.05) is 31.1 Å². The van der Waals surface area contributed by atoms with Crippen LogP contribution in [0, 0.1) is 12.7 Å². The van der Waals surface area contributed by atoms with Crippen LogP contribution in [-0.2, 0) is 7.05 Å². The SMILES string of the molecule is Cc1nn(C)c2c(N3CCN(C(=O)c4ccc(F)cc4)CC3)ncnc12. The number of carbonyl (C=O) groups excluding carboxylic acids is 1. The molecule has 1 aromatic carbocycles. The summed E-state index contributed by atoms with van der Waals surface area (Å²) >= 11 is 0. The molecule has 0 aliphatic carbocycles.